The third kappa shape index (κ3) is 3.58. The Hall–Kier alpha value is -1.66. The number of anilines is 1. The Labute approximate surface area is 162 Å². The molecule has 0 spiro atoms. The van der Waals surface area contributed by atoms with Crippen LogP contribution in [0.5, 0.6) is 0 Å². The molecule has 3 rings (SSSR count). The number of nitrogens with one attached hydrogen (secondary N) is 1. The lowest BCUT2D eigenvalue weighted by molar-refractivity contribution is 0.0600. The van der Waals surface area contributed by atoms with Crippen LogP contribution in [0.15, 0.2) is 17.5 Å². The van der Waals surface area contributed by atoms with E-state index in [-0.39, 0.29) is 17.3 Å². The van der Waals surface area contributed by atoms with E-state index in [1.807, 2.05) is 11.4 Å². The van der Waals surface area contributed by atoms with Gasteiger partial charge in [0.2, 0.25) is 0 Å². The summed E-state index contributed by atoms with van der Waals surface area (Å²) in [6.45, 7) is 6.87. The molecule has 2 aromatic rings. The lowest BCUT2D eigenvalue weighted by Gasteiger charge is -2.36. The van der Waals surface area contributed by atoms with Gasteiger partial charge in [-0.05, 0) is 47.6 Å². The van der Waals surface area contributed by atoms with Crippen molar-refractivity contribution in [1.29, 1.82) is 0 Å². The van der Waals surface area contributed by atoms with Crippen molar-refractivity contribution < 1.29 is 14.3 Å². The monoisotopic (exact) mass is 391 g/mol. The standard InChI is InChI=1S/C20H25NO3S2/c1-5-20(2,3)12-8-9-13-15(11-12)26-18(16(13)19(23)24-4)21-17(22)14-7-6-10-25-14/h6-7,10,12H,5,8-9,11H2,1-4H3,(H,21,22). The Bertz CT molecular complexity index is 805. The van der Waals surface area contributed by atoms with Gasteiger partial charge in [-0.15, -0.1) is 22.7 Å². The number of thiophene rings is 2. The van der Waals surface area contributed by atoms with E-state index in [0.29, 0.717) is 21.4 Å². The van der Waals surface area contributed by atoms with Gasteiger partial charge in [-0.2, -0.15) is 0 Å². The van der Waals surface area contributed by atoms with Gasteiger partial charge in [0.05, 0.1) is 17.6 Å². The molecule has 0 aromatic carbocycles. The molecule has 0 fully saturated rings. The largest absolute Gasteiger partial charge is 0.465 e. The molecular weight excluding hydrogens is 366 g/mol. The van der Waals surface area contributed by atoms with Gasteiger partial charge in [-0.1, -0.05) is 33.3 Å². The number of esters is 1. The summed E-state index contributed by atoms with van der Waals surface area (Å²) in [5, 5.41) is 5.43. The summed E-state index contributed by atoms with van der Waals surface area (Å²) < 4.78 is 5.01. The number of hydrogen-bond acceptors (Lipinski definition) is 5. The fraction of sp³-hybridized carbons (Fsp3) is 0.500. The summed E-state index contributed by atoms with van der Waals surface area (Å²) in [7, 11) is 1.39. The van der Waals surface area contributed by atoms with Crippen molar-refractivity contribution in [3.63, 3.8) is 0 Å². The fourth-order valence-corrected chi connectivity index (χ4v) is 5.45. The molecule has 26 heavy (non-hydrogen) atoms. The van der Waals surface area contributed by atoms with Gasteiger partial charge in [0.15, 0.2) is 0 Å². The van der Waals surface area contributed by atoms with Crippen molar-refractivity contribution in [2.24, 2.45) is 11.3 Å². The molecule has 1 aliphatic rings. The van der Waals surface area contributed by atoms with Gasteiger partial charge < -0.3 is 10.1 Å². The van der Waals surface area contributed by atoms with E-state index in [1.165, 1.54) is 34.7 Å². The fourth-order valence-electron chi connectivity index (χ4n) is 3.52. The number of amides is 1. The molecule has 1 unspecified atom stereocenters. The van der Waals surface area contributed by atoms with E-state index in [4.69, 9.17) is 4.74 Å². The first-order valence-electron chi connectivity index (χ1n) is 8.95. The average molecular weight is 392 g/mol. The number of fused-ring (bicyclic) bond motifs is 1. The highest BCUT2D eigenvalue weighted by molar-refractivity contribution is 7.17. The first-order chi connectivity index (χ1) is 12.4. The molecule has 1 N–H and O–H groups in total. The van der Waals surface area contributed by atoms with Gasteiger partial charge >= 0.3 is 5.97 Å². The van der Waals surface area contributed by atoms with Gasteiger partial charge in [0.25, 0.3) is 5.91 Å². The normalized spacial score (nSPS) is 16.8. The molecule has 0 bridgehead atoms. The zero-order valence-electron chi connectivity index (χ0n) is 15.7. The Kier molecular flexibility index (Phi) is 5.53. The lowest BCUT2D eigenvalue weighted by atomic mass is 9.69. The predicted octanol–water partition coefficient (Wildman–Crippen LogP) is 5.39. The zero-order chi connectivity index (χ0) is 18.9. The maximum atomic E-state index is 12.5. The summed E-state index contributed by atoms with van der Waals surface area (Å²) in [5.74, 6) is 0.0522. The van der Waals surface area contributed by atoms with Gasteiger partial charge in [0.1, 0.15) is 5.00 Å². The van der Waals surface area contributed by atoms with Crippen LogP contribution >= 0.6 is 22.7 Å². The lowest BCUT2D eigenvalue weighted by Crippen LogP contribution is -2.28. The van der Waals surface area contributed by atoms with Crippen LogP contribution in [-0.4, -0.2) is 19.0 Å². The average Bonchev–Trinajstić information content (AvgIpc) is 3.28. The molecule has 1 amide bonds. The molecule has 2 heterocycles. The van der Waals surface area contributed by atoms with Crippen LogP contribution in [-0.2, 0) is 17.6 Å². The first kappa shape index (κ1) is 19.1. The van der Waals surface area contributed by atoms with E-state index in [9.17, 15) is 9.59 Å². The SMILES string of the molecule is CCC(C)(C)C1CCc2c(sc(NC(=O)c3cccs3)c2C(=O)OC)C1. The van der Waals surface area contributed by atoms with Gasteiger partial charge in [-0.3, -0.25) is 4.79 Å². The van der Waals surface area contributed by atoms with Crippen LogP contribution in [0.2, 0.25) is 0 Å². The van der Waals surface area contributed by atoms with Gasteiger partial charge in [-0.25, -0.2) is 4.79 Å². The number of rotatable bonds is 5. The molecule has 140 valence electrons. The van der Waals surface area contributed by atoms with Crippen molar-refractivity contribution in [1.82, 2.24) is 0 Å². The van der Waals surface area contributed by atoms with Crippen LogP contribution < -0.4 is 5.32 Å². The predicted molar refractivity (Wildman–Crippen MR) is 108 cm³/mol. The second-order valence-corrected chi connectivity index (χ2v) is 9.47. The summed E-state index contributed by atoms with van der Waals surface area (Å²) >= 11 is 2.92. The highest BCUT2D eigenvalue weighted by Gasteiger charge is 2.35. The van der Waals surface area contributed by atoms with E-state index in [1.54, 1.807) is 6.07 Å². The molecule has 0 saturated carbocycles. The van der Waals surface area contributed by atoms with Crippen LogP contribution in [0.1, 0.15) is 64.1 Å². The Morgan fingerprint density at radius 3 is 2.77 bits per heavy atom. The van der Waals surface area contributed by atoms with Crippen LogP contribution in [0, 0.1) is 11.3 Å². The maximum Gasteiger partial charge on any atom is 0.341 e. The van der Waals surface area contributed by atoms with Crippen molar-refractivity contribution in [2.45, 2.75) is 46.5 Å². The van der Waals surface area contributed by atoms with E-state index >= 15 is 0 Å². The van der Waals surface area contributed by atoms with Crippen molar-refractivity contribution in [3.05, 3.63) is 38.4 Å². The number of ether oxygens (including phenoxy) is 1. The highest BCUT2D eigenvalue weighted by Crippen LogP contribution is 2.45. The third-order valence-corrected chi connectivity index (χ3v) is 7.68. The van der Waals surface area contributed by atoms with E-state index in [2.05, 4.69) is 26.1 Å². The zero-order valence-corrected chi connectivity index (χ0v) is 17.3. The molecule has 4 nitrogen and oxygen atoms in total. The number of carbonyl (C=O) groups is 2. The smallest absolute Gasteiger partial charge is 0.341 e. The Balaban J connectivity index is 1.93. The summed E-state index contributed by atoms with van der Waals surface area (Å²) in [6.07, 6.45) is 4.01. The van der Waals surface area contributed by atoms with Crippen molar-refractivity contribution in [3.8, 4) is 0 Å². The van der Waals surface area contributed by atoms with Crippen LogP contribution in [0.4, 0.5) is 5.00 Å². The molecule has 0 radical (unpaired) electrons. The maximum absolute atomic E-state index is 12.5. The highest BCUT2D eigenvalue weighted by atomic mass is 32.1. The molecule has 2 aromatic heterocycles. The Morgan fingerprint density at radius 2 is 2.15 bits per heavy atom. The second-order valence-electron chi connectivity index (χ2n) is 7.41. The summed E-state index contributed by atoms with van der Waals surface area (Å²) in [6, 6.07) is 3.63. The van der Waals surface area contributed by atoms with E-state index < -0.39 is 0 Å². The number of carbonyl (C=O) groups excluding carboxylic acids is 2. The van der Waals surface area contributed by atoms with E-state index in [0.717, 1.165) is 31.2 Å². The minimum absolute atomic E-state index is 0.172. The minimum Gasteiger partial charge on any atom is -0.465 e. The summed E-state index contributed by atoms with van der Waals surface area (Å²) in [4.78, 5) is 26.7. The molecular formula is C20H25NO3S2. The van der Waals surface area contributed by atoms with Gasteiger partial charge in [0, 0.05) is 4.88 Å². The second kappa shape index (κ2) is 7.53. The molecule has 1 aliphatic carbocycles. The van der Waals surface area contributed by atoms with Crippen LogP contribution in [0.3, 0.4) is 0 Å². The van der Waals surface area contributed by atoms with Crippen molar-refractivity contribution in [2.75, 3.05) is 12.4 Å². The molecule has 6 heteroatoms. The topological polar surface area (TPSA) is 55.4 Å². The Morgan fingerprint density at radius 1 is 1.38 bits per heavy atom. The number of methoxy groups -OCH3 is 1. The quantitative estimate of drug-likeness (QED) is 0.695. The molecule has 0 aliphatic heterocycles. The first-order valence-corrected chi connectivity index (χ1v) is 10.6. The molecule has 0 saturated heterocycles. The summed E-state index contributed by atoms with van der Waals surface area (Å²) in [5.41, 5.74) is 1.88. The third-order valence-electron chi connectivity index (χ3n) is 5.64. The van der Waals surface area contributed by atoms with Crippen molar-refractivity contribution >= 4 is 39.6 Å². The molecule has 1 atom stereocenters. The van der Waals surface area contributed by atoms with Crippen LogP contribution in [0.25, 0.3) is 0 Å². The minimum atomic E-state index is -0.364. The number of hydrogen-bond donors (Lipinski definition) is 1.